The molecule has 2 heterocycles. The molecule has 2 aliphatic heterocycles. The Morgan fingerprint density at radius 1 is 0.674 bits per heavy atom. The molecule has 4 aromatic carbocycles. The van der Waals surface area contributed by atoms with E-state index in [1.807, 2.05) is 13.8 Å². The van der Waals surface area contributed by atoms with Gasteiger partial charge in [0.25, 0.3) is 23.6 Å². The van der Waals surface area contributed by atoms with Gasteiger partial charge in [0.1, 0.15) is 0 Å². The first-order valence-corrected chi connectivity index (χ1v) is 13.7. The van der Waals surface area contributed by atoms with Gasteiger partial charge in [0.05, 0.1) is 44.8 Å². The van der Waals surface area contributed by atoms with Gasteiger partial charge >= 0.3 is 11.9 Å². The highest BCUT2D eigenvalue weighted by Gasteiger charge is 2.43. The van der Waals surface area contributed by atoms with Gasteiger partial charge in [0, 0.05) is 27.0 Å². The third-order valence-corrected chi connectivity index (χ3v) is 7.87. The molecule has 0 saturated heterocycles. The second kappa shape index (κ2) is 9.88. The van der Waals surface area contributed by atoms with Crippen LogP contribution in [-0.4, -0.2) is 51.8 Å². The number of hydrogen-bond acceptors (Lipinski definition) is 7. The predicted octanol–water partition coefficient (Wildman–Crippen LogP) is 5.42. The van der Waals surface area contributed by atoms with Crippen molar-refractivity contribution in [1.29, 1.82) is 0 Å². The molecular formula is C31H20BrN3O8. The third-order valence-electron chi connectivity index (χ3n) is 7.25. The zero-order valence-corrected chi connectivity index (χ0v) is 24.1. The Hall–Kier alpha value is -5.36. The number of anilines is 3. The molecule has 214 valence electrons. The average Bonchev–Trinajstić information content (AvgIpc) is 2.95. The fourth-order valence-electron chi connectivity index (χ4n) is 5.42. The summed E-state index contributed by atoms with van der Waals surface area (Å²) in [6, 6.07) is 13.3. The number of benzene rings is 4. The Kier molecular flexibility index (Phi) is 6.38. The fraction of sp³-hybridized carbons (Fsp3) is 0.0968. The lowest BCUT2D eigenvalue weighted by atomic mass is 9.84. The van der Waals surface area contributed by atoms with Crippen LogP contribution < -0.4 is 15.1 Å². The second-order valence-corrected chi connectivity index (χ2v) is 11.1. The fourth-order valence-corrected chi connectivity index (χ4v) is 6.02. The highest BCUT2D eigenvalue weighted by molar-refractivity contribution is 9.10. The average molecular weight is 642 g/mol. The van der Waals surface area contributed by atoms with Crippen molar-refractivity contribution in [2.75, 3.05) is 15.1 Å². The number of rotatable bonds is 6. The van der Waals surface area contributed by atoms with Crippen molar-refractivity contribution < 1.29 is 39.0 Å². The number of carboxylic acid groups (broad SMARTS) is 2. The van der Waals surface area contributed by atoms with Crippen molar-refractivity contribution in [3.63, 3.8) is 0 Å². The summed E-state index contributed by atoms with van der Waals surface area (Å²) in [4.78, 5) is 80.4. The number of nitrogens with zero attached hydrogens (tertiary/aromatic N) is 2. The molecule has 0 aliphatic carbocycles. The van der Waals surface area contributed by atoms with Crippen molar-refractivity contribution in [3.8, 4) is 0 Å². The molecule has 43 heavy (non-hydrogen) atoms. The molecule has 12 heteroatoms. The number of carbonyl (C=O) groups excluding carboxylic acids is 4. The number of aromatic carboxylic acids is 2. The first-order chi connectivity index (χ1) is 20.4. The van der Waals surface area contributed by atoms with Crippen LogP contribution in [0.2, 0.25) is 0 Å². The highest BCUT2D eigenvalue weighted by Crippen LogP contribution is 2.45. The van der Waals surface area contributed by atoms with Crippen LogP contribution >= 0.6 is 15.9 Å². The van der Waals surface area contributed by atoms with Crippen LogP contribution in [0.4, 0.5) is 17.1 Å². The van der Waals surface area contributed by atoms with Crippen molar-refractivity contribution >= 4 is 79.3 Å². The third kappa shape index (κ3) is 4.17. The zero-order valence-electron chi connectivity index (χ0n) is 22.5. The Morgan fingerprint density at radius 2 is 1.09 bits per heavy atom. The summed E-state index contributed by atoms with van der Waals surface area (Å²) in [6.07, 6.45) is 0. The van der Waals surface area contributed by atoms with Gasteiger partial charge in [-0.3, -0.25) is 19.2 Å². The topological polar surface area (TPSA) is 161 Å². The van der Waals surface area contributed by atoms with Crippen molar-refractivity contribution in [2.24, 2.45) is 0 Å². The van der Waals surface area contributed by atoms with E-state index in [1.165, 1.54) is 60.7 Å². The monoisotopic (exact) mass is 641 g/mol. The van der Waals surface area contributed by atoms with E-state index in [-0.39, 0.29) is 71.7 Å². The molecule has 4 amide bonds. The van der Waals surface area contributed by atoms with Gasteiger partial charge in [0.15, 0.2) is 0 Å². The van der Waals surface area contributed by atoms with E-state index in [2.05, 4.69) is 21.2 Å². The van der Waals surface area contributed by atoms with Gasteiger partial charge in [-0.25, -0.2) is 19.4 Å². The minimum atomic E-state index is -1.17. The van der Waals surface area contributed by atoms with Gasteiger partial charge in [-0.1, -0.05) is 0 Å². The van der Waals surface area contributed by atoms with Crippen LogP contribution in [0.5, 0.6) is 0 Å². The Labute approximate surface area is 251 Å². The van der Waals surface area contributed by atoms with Gasteiger partial charge in [-0.2, -0.15) is 0 Å². The maximum absolute atomic E-state index is 14.1. The quantitative estimate of drug-likeness (QED) is 0.233. The number of carbonyl (C=O) groups is 6. The van der Waals surface area contributed by atoms with Gasteiger partial charge in [0.2, 0.25) is 0 Å². The summed E-state index contributed by atoms with van der Waals surface area (Å²) < 4.78 is 0.209. The minimum absolute atomic E-state index is 0.0244. The molecule has 0 bridgehead atoms. The highest BCUT2D eigenvalue weighted by atomic mass is 79.9. The summed E-state index contributed by atoms with van der Waals surface area (Å²) in [6.45, 7) is 3.66. The first kappa shape index (κ1) is 27.8. The first-order valence-electron chi connectivity index (χ1n) is 12.9. The molecule has 0 atom stereocenters. The van der Waals surface area contributed by atoms with E-state index in [0.717, 1.165) is 9.80 Å². The van der Waals surface area contributed by atoms with Crippen molar-refractivity contribution in [3.05, 3.63) is 98.5 Å². The van der Waals surface area contributed by atoms with Gasteiger partial charge in [-0.05, 0) is 90.4 Å². The molecule has 0 unspecified atom stereocenters. The number of amides is 4. The maximum Gasteiger partial charge on any atom is 0.335 e. The van der Waals surface area contributed by atoms with Crippen LogP contribution in [0.15, 0.2) is 65.1 Å². The summed E-state index contributed by atoms with van der Waals surface area (Å²) in [5.41, 5.74) is 0.789. The van der Waals surface area contributed by atoms with E-state index in [1.54, 1.807) is 0 Å². The van der Waals surface area contributed by atoms with Crippen LogP contribution in [-0.2, 0) is 0 Å². The molecule has 6 rings (SSSR count). The van der Waals surface area contributed by atoms with Crippen LogP contribution in [0.1, 0.15) is 76.0 Å². The maximum atomic E-state index is 14.1. The van der Waals surface area contributed by atoms with Gasteiger partial charge in [-0.15, -0.1) is 0 Å². The predicted molar refractivity (Wildman–Crippen MR) is 159 cm³/mol. The molecular weight excluding hydrogens is 622 g/mol. The van der Waals surface area contributed by atoms with E-state index < -0.39 is 35.6 Å². The number of nitrogens with one attached hydrogen (secondary N) is 1. The second-order valence-electron chi connectivity index (χ2n) is 10.3. The minimum Gasteiger partial charge on any atom is -0.478 e. The SMILES string of the molecule is CC(C)Nc1cc2c3c(c(Br)cc4c3c1C(=O)N(c1ccc(C(=O)O)cc1)C4=O)C(=O)N(c1ccc(C(=O)O)cc1)C2=O. The van der Waals surface area contributed by atoms with E-state index in [4.69, 9.17) is 0 Å². The molecule has 0 saturated carbocycles. The lowest BCUT2D eigenvalue weighted by Gasteiger charge is -2.34. The molecule has 0 aromatic heterocycles. The van der Waals surface area contributed by atoms with Crippen LogP contribution in [0, 0.1) is 0 Å². The van der Waals surface area contributed by atoms with E-state index in [9.17, 15) is 39.0 Å². The largest absolute Gasteiger partial charge is 0.478 e. The molecule has 0 spiro atoms. The number of imide groups is 2. The Morgan fingerprint density at radius 3 is 1.53 bits per heavy atom. The lowest BCUT2D eigenvalue weighted by molar-refractivity contribution is 0.0686. The summed E-state index contributed by atoms with van der Waals surface area (Å²) in [7, 11) is 0. The van der Waals surface area contributed by atoms with E-state index in [0.29, 0.717) is 0 Å². The standard InChI is InChI=1S/C31H20BrN3O8/c1-13(2)33-21-12-19-22-23-18(26(36)35(29(39)25(21)23)17-9-5-15(6-10-17)31(42)43)11-20(32)24(22)28(38)34(27(19)37)16-7-3-14(4-8-16)30(40)41/h3-13,33H,1-2H3,(H,40,41)(H,42,43). The molecule has 0 fully saturated rings. The van der Waals surface area contributed by atoms with E-state index >= 15 is 0 Å². The van der Waals surface area contributed by atoms with Crippen LogP contribution in [0.25, 0.3) is 10.8 Å². The smallest absolute Gasteiger partial charge is 0.335 e. The molecule has 3 N–H and O–H groups in total. The molecule has 11 nitrogen and oxygen atoms in total. The normalized spacial score (nSPS) is 14.1. The summed E-state index contributed by atoms with van der Waals surface area (Å²) in [5, 5.41) is 22.0. The Balaban J connectivity index is 1.60. The molecule has 2 aliphatic rings. The number of halogens is 1. The zero-order chi connectivity index (χ0) is 30.9. The van der Waals surface area contributed by atoms with Crippen molar-refractivity contribution in [2.45, 2.75) is 19.9 Å². The summed E-state index contributed by atoms with van der Waals surface area (Å²) >= 11 is 3.41. The number of carboxylic acids is 2. The molecule has 0 radical (unpaired) electrons. The summed E-state index contributed by atoms with van der Waals surface area (Å²) in [5.74, 6) is -5.19. The van der Waals surface area contributed by atoms with Crippen LogP contribution in [0.3, 0.4) is 0 Å². The van der Waals surface area contributed by atoms with Crippen molar-refractivity contribution in [1.82, 2.24) is 0 Å². The number of hydrogen-bond donors (Lipinski definition) is 3. The Bertz CT molecular complexity index is 1970. The van der Waals surface area contributed by atoms with Gasteiger partial charge < -0.3 is 15.5 Å². The lowest BCUT2D eigenvalue weighted by Crippen LogP contribution is -2.44. The molecule has 4 aromatic rings.